The van der Waals surface area contributed by atoms with Crippen LogP contribution in [0.15, 0.2) is 24.5 Å². The number of aliphatic carboxylic acids is 1. The van der Waals surface area contributed by atoms with Gasteiger partial charge in [-0.1, -0.05) is 12.8 Å². The predicted octanol–water partition coefficient (Wildman–Crippen LogP) is 1.63. The van der Waals surface area contributed by atoms with Gasteiger partial charge in [-0.15, -0.1) is 0 Å². The number of carboxylic acid groups (broad SMARTS) is 1. The molecule has 1 aliphatic rings. The number of nitrogens with one attached hydrogen (secondary N) is 1. The Kier molecular flexibility index (Phi) is 5.09. The predicted molar refractivity (Wildman–Crippen MR) is 74.0 cm³/mol. The maximum Gasteiger partial charge on any atom is 0.307 e. The fourth-order valence-electron chi connectivity index (χ4n) is 2.75. The molecular formula is C15H20N2O3. The molecule has 0 aromatic carbocycles. The minimum absolute atomic E-state index is 0.119. The van der Waals surface area contributed by atoms with E-state index in [1.165, 1.54) is 0 Å². The first-order valence-corrected chi connectivity index (χ1v) is 7.08. The SMILES string of the molecule is O=C(O)[C@@H]1CCCC[C@H]1C(=O)NCCc1ccncc1. The number of hydrogen-bond donors (Lipinski definition) is 2. The van der Waals surface area contributed by atoms with Crippen LogP contribution >= 0.6 is 0 Å². The van der Waals surface area contributed by atoms with E-state index in [0.717, 1.165) is 24.8 Å². The van der Waals surface area contributed by atoms with Crippen LogP contribution in [0.5, 0.6) is 0 Å². The summed E-state index contributed by atoms with van der Waals surface area (Å²) < 4.78 is 0. The summed E-state index contributed by atoms with van der Waals surface area (Å²) in [5, 5.41) is 12.0. The molecule has 0 bridgehead atoms. The highest BCUT2D eigenvalue weighted by molar-refractivity contribution is 5.84. The van der Waals surface area contributed by atoms with Crippen LogP contribution in [-0.4, -0.2) is 28.5 Å². The lowest BCUT2D eigenvalue weighted by Gasteiger charge is -2.27. The lowest BCUT2D eigenvalue weighted by Crippen LogP contribution is -2.40. The average molecular weight is 276 g/mol. The molecule has 5 heteroatoms. The number of rotatable bonds is 5. The molecule has 1 fully saturated rings. The molecule has 0 spiro atoms. The van der Waals surface area contributed by atoms with Crippen LogP contribution in [0.4, 0.5) is 0 Å². The molecule has 1 aliphatic carbocycles. The second-order valence-electron chi connectivity index (χ2n) is 5.23. The number of carbonyl (C=O) groups excluding carboxylic acids is 1. The lowest BCUT2D eigenvalue weighted by atomic mass is 9.78. The van der Waals surface area contributed by atoms with Crippen LogP contribution in [0.25, 0.3) is 0 Å². The zero-order valence-corrected chi connectivity index (χ0v) is 11.4. The summed E-state index contributed by atoms with van der Waals surface area (Å²) in [6, 6.07) is 3.82. The number of hydrogen-bond acceptors (Lipinski definition) is 3. The van der Waals surface area contributed by atoms with Crippen molar-refractivity contribution < 1.29 is 14.7 Å². The van der Waals surface area contributed by atoms with Crippen molar-refractivity contribution in [3.63, 3.8) is 0 Å². The van der Waals surface area contributed by atoms with Crippen molar-refractivity contribution in [2.24, 2.45) is 11.8 Å². The minimum atomic E-state index is -0.848. The van der Waals surface area contributed by atoms with E-state index in [1.54, 1.807) is 12.4 Å². The molecule has 1 heterocycles. The lowest BCUT2D eigenvalue weighted by molar-refractivity contribution is -0.148. The molecule has 108 valence electrons. The van der Waals surface area contributed by atoms with Gasteiger partial charge in [0.1, 0.15) is 0 Å². The number of pyridine rings is 1. The number of nitrogens with zero attached hydrogens (tertiary/aromatic N) is 1. The normalized spacial score (nSPS) is 22.2. The highest BCUT2D eigenvalue weighted by Gasteiger charge is 2.35. The molecule has 2 rings (SSSR count). The second-order valence-corrected chi connectivity index (χ2v) is 5.23. The Morgan fingerprint density at radius 1 is 1.20 bits per heavy atom. The highest BCUT2D eigenvalue weighted by atomic mass is 16.4. The molecule has 0 saturated heterocycles. The van der Waals surface area contributed by atoms with Gasteiger partial charge in [-0.25, -0.2) is 0 Å². The summed E-state index contributed by atoms with van der Waals surface area (Å²) >= 11 is 0. The van der Waals surface area contributed by atoms with E-state index in [9.17, 15) is 14.7 Å². The minimum Gasteiger partial charge on any atom is -0.481 e. The zero-order valence-electron chi connectivity index (χ0n) is 11.4. The van der Waals surface area contributed by atoms with Gasteiger partial charge in [0.05, 0.1) is 11.8 Å². The third-order valence-corrected chi connectivity index (χ3v) is 3.88. The Balaban J connectivity index is 1.83. The van der Waals surface area contributed by atoms with Crippen LogP contribution in [0, 0.1) is 11.8 Å². The van der Waals surface area contributed by atoms with E-state index in [2.05, 4.69) is 10.3 Å². The molecule has 1 amide bonds. The average Bonchev–Trinajstić information content (AvgIpc) is 2.48. The second kappa shape index (κ2) is 7.03. The van der Waals surface area contributed by atoms with Gasteiger partial charge < -0.3 is 10.4 Å². The molecule has 1 saturated carbocycles. The van der Waals surface area contributed by atoms with E-state index in [4.69, 9.17) is 0 Å². The van der Waals surface area contributed by atoms with Crippen molar-refractivity contribution in [2.75, 3.05) is 6.54 Å². The fraction of sp³-hybridized carbons (Fsp3) is 0.533. The Bertz CT molecular complexity index is 461. The van der Waals surface area contributed by atoms with Crippen LogP contribution in [0.2, 0.25) is 0 Å². The molecule has 1 aromatic rings. The zero-order chi connectivity index (χ0) is 14.4. The number of carbonyl (C=O) groups is 2. The summed E-state index contributed by atoms with van der Waals surface area (Å²) in [6.07, 6.45) is 7.30. The van der Waals surface area contributed by atoms with Crippen molar-refractivity contribution in [3.8, 4) is 0 Å². The van der Waals surface area contributed by atoms with Gasteiger partial charge in [0, 0.05) is 18.9 Å². The highest BCUT2D eigenvalue weighted by Crippen LogP contribution is 2.30. The van der Waals surface area contributed by atoms with Gasteiger partial charge >= 0.3 is 5.97 Å². The first-order chi connectivity index (χ1) is 9.68. The van der Waals surface area contributed by atoms with Crippen LogP contribution in [-0.2, 0) is 16.0 Å². The summed E-state index contributed by atoms with van der Waals surface area (Å²) in [5.74, 6) is -1.87. The first-order valence-electron chi connectivity index (χ1n) is 7.08. The van der Waals surface area contributed by atoms with E-state index in [1.807, 2.05) is 12.1 Å². The molecule has 0 aliphatic heterocycles. The number of amides is 1. The maximum atomic E-state index is 12.1. The molecule has 0 radical (unpaired) electrons. The van der Waals surface area contributed by atoms with Crippen LogP contribution in [0.1, 0.15) is 31.2 Å². The van der Waals surface area contributed by atoms with Crippen molar-refractivity contribution in [1.82, 2.24) is 10.3 Å². The maximum absolute atomic E-state index is 12.1. The smallest absolute Gasteiger partial charge is 0.307 e. The Morgan fingerprint density at radius 2 is 1.85 bits per heavy atom. The van der Waals surface area contributed by atoms with Crippen LogP contribution < -0.4 is 5.32 Å². The summed E-state index contributed by atoms with van der Waals surface area (Å²) in [4.78, 5) is 27.2. The Labute approximate surface area is 118 Å². The van der Waals surface area contributed by atoms with Crippen LogP contribution in [0.3, 0.4) is 0 Å². The molecule has 0 unspecified atom stereocenters. The van der Waals surface area contributed by atoms with E-state index >= 15 is 0 Å². The van der Waals surface area contributed by atoms with Crippen molar-refractivity contribution in [2.45, 2.75) is 32.1 Å². The third-order valence-electron chi connectivity index (χ3n) is 3.88. The van der Waals surface area contributed by atoms with E-state index in [0.29, 0.717) is 19.4 Å². The van der Waals surface area contributed by atoms with Gasteiger partial charge in [0.2, 0.25) is 5.91 Å². The molecule has 1 aromatic heterocycles. The van der Waals surface area contributed by atoms with Crippen molar-refractivity contribution >= 4 is 11.9 Å². The standard InChI is InChI=1S/C15H20N2O3/c18-14(12-3-1-2-4-13(12)15(19)20)17-10-7-11-5-8-16-9-6-11/h5-6,8-9,12-13H,1-4,7,10H2,(H,17,18)(H,19,20)/t12-,13-/m1/s1. The first kappa shape index (κ1) is 14.5. The van der Waals surface area contributed by atoms with E-state index < -0.39 is 11.9 Å². The van der Waals surface area contributed by atoms with Crippen molar-refractivity contribution in [1.29, 1.82) is 0 Å². The van der Waals surface area contributed by atoms with Gasteiger partial charge in [-0.3, -0.25) is 14.6 Å². The largest absolute Gasteiger partial charge is 0.481 e. The van der Waals surface area contributed by atoms with E-state index in [-0.39, 0.29) is 11.8 Å². The summed E-state index contributed by atoms with van der Waals surface area (Å²) in [5.41, 5.74) is 1.11. The summed E-state index contributed by atoms with van der Waals surface area (Å²) in [6.45, 7) is 0.533. The topological polar surface area (TPSA) is 79.3 Å². The fourth-order valence-corrected chi connectivity index (χ4v) is 2.75. The quantitative estimate of drug-likeness (QED) is 0.856. The molecular weight excluding hydrogens is 256 g/mol. The van der Waals surface area contributed by atoms with Gasteiger partial charge in [0.15, 0.2) is 0 Å². The molecule has 2 N–H and O–H groups in total. The molecule has 20 heavy (non-hydrogen) atoms. The van der Waals surface area contributed by atoms with Gasteiger partial charge in [-0.2, -0.15) is 0 Å². The third kappa shape index (κ3) is 3.79. The van der Waals surface area contributed by atoms with Crippen molar-refractivity contribution in [3.05, 3.63) is 30.1 Å². The molecule has 5 nitrogen and oxygen atoms in total. The monoisotopic (exact) mass is 276 g/mol. The van der Waals surface area contributed by atoms with Gasteiger partial charge in [-0.05, 0) is 37.0 Å². The molecule has 2 atom stereocenters. The Hall–Kier alpha value is -1.91. The number of carboxylic acids is 1. The summed E-state index contributed by atoms with van der Waals surface area (Å²) in [7, 11) is 0. The Morgan fingerprint density at radius 3 is 2.50 bits per heavy atom. The number of aromatic nitrogens is 1. The van der Waals surface area contributed by atoms with Gasteiger partial charge in [0.25, 0.3) is 0 Å².